The van der Waals surface area contributed by atoms with Crippen LogP contribution in [0.15, 0.2) is 12.1 Å². The van der Waals surface area contributed by atoms with E-state index < -0.39 is 0 Å². The van der Waals surface area contributed by atoms with E-state index in [4.69, 9.17) is 10.5 Å². The second-order valence-corrected chi connectivity index (χ2v) is 3.48. The van der Waals surface area contributed by atoms with Crippen molar-refractivity contribution in [1.29, 1.82) is 0 Å². The van der Waals surface area contributed by atoms with Crippen LogP contribution < -0.4 is 10.5 Å². The molecule has 2 N–H and O–H groups in total. The summed E-state index contributed by atoms with van der Waals surface area (Å²) in [4.78, 5) is 11.5. The van der Waals surface area contributed by atoms with Crippen molar-refractivity contribution in [2.45, 2.75) is 19.3 Å². The Morgan fingerprint density at radius 1 is 1.36 bits per heavy atom. The first-order valence-corrected chi connectivity index (χ1v) is 4.72. The van der Waals surface area contributed by atoms with E-state index in [1.165, 1.54) is 0 Å². The van der Waals surface area contributed by atoms with Crippen molar-refractivity contribution in [1.82, 2.24) is 0 Å². The Bertz CT molecular complexity index is 385. The molecule has 0 aromatic heterocycles. The number of Topliss-reactive ketones (excluding diaryl/α,β-unsaturated/α-hetero) is 1. The quantitative estimate of drug-likeness (QED) is 0.688. The number of methoxy groups -OCH3 is 1. The number of rotatable bonds is 1. The molecule has 1 aromatic carbocycles. The third kappa shape index (κ3) is 1.25. The number of ketones is 1. The van der Waals surface area contributed by atoms with Gasteiger partial charge in [0.1, 0.15) is 5.75 Å². The van der Waals surface area contributed by atoms with Gasteiger partial charge in [-0.25, -0.2) is 0 Å². The van der Waals surface area contributed by atoms with Gasteiger partial charge in [0.15, 0.2) is 5.78 Å². The Morgan fingerprint density at radius 3 is 2.86 bits per heavy atom. The molecule has 3 nitrogen and oxygen atoms in total. The van der Waals surface area contributed by atoms with Gasteiger partial charge in [0.05, 0.1) is 12.8 Å². The molecule has 0 fully saturated rings. The van der Waals surface area contributed by atoms with Crippen molar-refractivity contribution < 1.29 is 9.53 Å². The molecule has 14 heavy (non-hydrogen) atoms. The average Bonchev–Trinajstić information content (AvgIpc) is 2.20. The minimum absolute atomic E-state index is 0.195. The molecular weight excluding hydrogens is 178 g/mol. The summed E-state index contributed by atoms with van der Waals surface area (Å²) in [5.41, 5.74) is 8.25. The van der Waals surface area contributed by atoms with Gasteiger partial charge in [-0.15, -0.1) is 0 Å². The number of benzene rings is 1. The molecule has 1 aliphatic rings. The third-order valence-corrected chi connectivity index (χ3v) is 2.67. The van der Waals surface area contributed by atoms with Crippen molar-refractivity contribution in [3.05, 3.63) is 23.3 Å². The predicted molar refractivity (Wildman–Crippen MR) is 54.7 cm³/mol. The molecule has 0 heterocycles. The number of hydrogen-bond acceptors (Lipinski definition) is 3. The summed E-state index contributed by atoms with van der Waals surface area (Å²) in [6.45, 7) is 0. The maximum atomic E-state index is 11.5. The summed E-state index contributed by atoms with van der Waals surface area (Å²) in [6.07, 6.45) is 2.41. The standard InChI is InChI=1S/C11H13NO2/c1-14-10-6-5-7-8(11(10)12)3-2-4-9(7)13/h5-6H,2-4,12H2,1H3. The average molecular weight is 191 g/mol. The fourth-order valence-electron chi connectivity index (χ4n) is 1.91. The molecule has 0 saturated carbocycles. The zero-order valence-electron chi connectivity index (χ0n) is 8.17. The Morgan fingerprint density at radius 2 is 2.14 bits per heavy atom. The van der Waals surface area contributed by atoms with Crippen LogP contribution in [0.4, 0.5) is 5.69 Å². The number of hydrogen-bond donors (Lipinski definition) is 1. The van der Waals surface area contributed by atoms with E-state index in [9.17, 15) is 4.79 Å². The minimum atomic E-state index is 0.195. The summed E-state index contributed by atoms with van der Waals surface area (Å²) >= 11 is 0. The van der Waals surface area contributed by atoms with Crippen LogP contribution in [0.2, 0.25) is 0 Å². The number of anilines is 1. The number of carbonyl (C=O) groups is 1. The normalized spacial score (nSPS) is 15.1. The van der Waals surface area contributed by atoms with Crippen LogP contribution in [0.1, 0.15) is 28.8 Å². The minimum Gasteiger partial charge on any atom is -0.495 e. The van der Waals surface area contributed by atoms with Gasteiger partial charge in [0.25, 0.3) is 0 Å². The van der Waals surface area contributed by atoms with E-state index in [0.29, 0.717) is 17.9 Å². The van der Waals surface area contributed by atoms with Gasteiger partial charge >= 0.3 is 0 Å². The molecule has 0 amide bonds. The van der Waals surface area contributed by atoms with Crippen LogP contribution in [0.3, 0.4) is 0 Å². The Hall–Kier alpha value is -1.51. The number of nitrogens with two attached hydrogens (primary N) is 1. The summed E-state index contributed by atoms with van der Waals surface area (Å²) in [6, 6.07) is 3.57. The first-order chi connectivity index (χ1) is 6.74. The zero-order chi connectivity index (χ0) is 10.1. The van der Waals surface area contributed by atoms with Gasteiger partial charge in [-0.2, -0.15) is 0 Å². The lowest BCUT2D eigenvalue weighted by Gasteiger charge is -2.18. The van der Waals surface area contributed by atoms with Crippen LogP contribution >= 0.6 is 0 Å². The summed E-state index contributed by atoms with van der Waals surface area (Å²) < 4.78 is 5.11. The highest BCUT2D eigenvalue weighted by Gasteiger charge is 2.20. The molecule has 0 saturated heterocycles. The second kappa shape index (κ2) is 3.33. The Balaban J connectivity index is 2.57. The molecule has 0 bridgehead atoms. The highest BCUT2D eigenvalue weighted by atomic mass is 16.5. The van der Waals surface area contributed by atoms with Gasteiger partial charge in [-0.3, -0.25) is 4.79 Å². The summed E-state index contributed by atoms with van der Waals surface area (Å²) in [7, 11) is 1.59. The Labute approximate surface area is 82.9 Å². The van der Waals surface area contributed by atoms with Crippen LogP contribution in [-0.4, -0.2) is 12.9 Å². The van der Waals surface area contributed by atoms with Gasteiger partial charge < -0.3 is 10.5 Å². The molecule has 74 valence electrons. The fourth-order valence-corrected chi connectivity index (χ4v) is 1.91. The number of nitrogen functional groups attached to an aromatic ring is 1. The highest BCUT2D eigenvalue weighted by Crippen LogP contribution is 2.32. The fraction of sp³-hybridized carbons (Fsp3) is 0.364. The van der Waals surface area contributed by atoms with Crippen LogP contribution in [0.5, 0.6) is 5.75 Å². The van der Waals surface area contributed by atoms with Crippen LogP contribution in [0.25, 0.3) is 0 Å². The van der Waals surface area contributed by atoms with Crippen molar-refractivity contribution in [3.63, 3.8) is 0 Å². The van der Waals surface area contributed by atoms with Crippen molar-refractivity contribution in [2.24, 2.45) is 0 Å². The van der Waals surface area contributed by atoms with E-state index in [2.05, 4.69) is 0 Å². The van der Waals surface area contributed by atoms with Crippen molar-refractivity contribution >= 4 is 11.5 Å². The molecule has 0 unspecified atom stereocenters. The summed E-state index contributed by atoms with van der Waals surface area (Å²) in [5, 5.41) is 0. The maximum absolute atomic E-state index is 11.5. The van der Waals surface area contributed by atoms with E-state index in [-0.39, 0.29) is 5.78 Å². The maximum Gasteiger partial charge on any atom is 0.163 e. The topological polar surface area (TPSA) is 52.3 Å². The first kappa shape index (κ1) is 9.06. The largest absolute Gasteiger partial charge is 0.495 e. The highest BCUT2D eigenvalue weighted by molar-refractivity contribution is 6.00. The number of ether oxygens (including phenoxy) is 1. The molecule has 1 aromatic rings. The lowest BCUT2D eigenvalue weighted by molar-refractivity contribution is 0.0972. The Kier molecular flexibility index (Phi) is 2.15. The van der Waals surface area contributed by atoms with Crippen LogP contribution in [0, 0.1) is 0 Å². The first-order valence-electron chi connectivity index (χ1n) is 4.72. The van der Waals surface area contributed by atoms with Gasteiger partial charge in [0, 0.05) is 12.0 Å². The van der Waals surface area contributed by atoms with Crippen molar-refractivity contribution in [3.8, 4) is 5.75 Å². The van der Waals surface area contributed by atoms with E-state index in [0.717, 1.165) is 24.0 Å². The lowest BCUT2D eigenvalue weighted by atomic mass is 9.89. The lowest BCUT2D eigenvalue weighted by Crippen LogP contribution is -2.13. The molecular formula is C11H13NO2. The predicted octanol–water partition coefficient (Wildman–Crippen LogP) is 1.80. The van der Waals surface area contributed by atoms with E-state index >= 15 is 0 Å². The van der Waals surface area contributed by atoms with Crippen LogP contribution in [-0.2, 0) is 6.42 Å². The molecule has 3 heteroatoms. The van der Waals surface area contributed by atoms with Gasteiger partial charge in [-0.05, 0) is 30.5 Å². The van der Waals surface area contributed by atoms with E-state index in [1.807, 2.05) is 6.07 Å². The van der Waals surface area contributed by atoms with Crippen molar-refractivity contribution in [2.75, 3.05) is 12.8 Å². The smallest absolute Gasteiger partial charge is 0.163 e. The third-order valence-electron chi connectivity index (χ3n) is 2.67. The van der Waals surface area contributed by atoms with Gasteiger partial charge in [0.2, 0.25) is 0 Å². The number of carbonyl (C=O) groups excluding carboxylic acids is 1. The molecule has 0 aliphatic heterocycles. The molecule has 0 radical (unpaired) electrons. The molecule has 1 aliphatic carbocycles. The molecule has 0 atom stereocenters. The second-order valence-electron chi connectivity index (χ2n) is 3.48. The van der Waals surface area contributed by atoms with E-state index in [1.54, 1.807) is 13.2 Å². The number of fused-ring (bicyclic) bond motifs is 1. The molecule has 2 rings (SSSR count). The SMILES string of the molecule is COc1ccc2c(c1N)CCCC2=O. The summed E-state index contributed by atoms with van der Waals surface area (Å²) in [5.74, 6) is 0.860. The monoisotopic (exact) mass is 191 g/mol. The molecule has 0 spiro atoms. The van der Waals surface area contributed by atoms with Gasteiger partial charge in [-0.1, -0.05) is 0 Å². The zero-order valence-corrected chi connectivity index (χ0v) is 8.17.